The molecule has 1 aliphatic carbocycles. The fraction of sp³-hybridized carbons (Fsp3) is 0.625. The molecular weight excluding hydrogens is 188 g/mol. The fourth-order valence-electron chi connectivity index (χ4n) is 1.15. The maximum atomic E-state index is 11.4. The summed E-state index contributed by atoms with van der Waals surface area (Å²) < 4.78 is 0. The van der Waals surface area contributed by atoms with E-state index in [4.69, 9.17) is 10.8 Å². The number of carboxylic acid groups (broad SMARTS) is 1. The van der Waals surface area contributed by atoms with Crippen molar-refractivity contribution >= 4 is 17.8 Å². The van der Waals surface area contributed by atoms with Crippen LogP contribution in [0.15, 0.2) is 0 Å². The second-order valence-corrected chi connectivity index (χ2v) is 3.33. The maximum Gasteiger partial charge on any atom is 0.323 e. The summed E-state index contributed by atoms with van der Waals surface area (Å²) in [5.41, 5.74) is 4.90. The van der Waals surface area contributed by atoms with Crippen LogP contribution < -0.4 is 5.73 Å². The highest BCUT2D eigenvalue weighted by Crippen LogP contribution is 2.30. The number of primary amides is 1. The van der Waals surface area contributed by atoms with Gasteiger partial charge in [-0.1, -0.05) is 0 Å². The minimum atomic E-state index is -1.14. The van der Waals surface area contributed by atoms with E-state index in [-0.39, 0.29) is 18.4 Å². The van der Waals surface area contributed by atoms with Crippen LogP contribution in [0.1, 0.15) is 12.8 Å². The molecule has 0 radical (unpaired) electrons. The summed E-state index contributed by atoms with van der Waals surface area (Å²) in [7, 11) is 0. The van der Waals surface area contributed by atoms with Gasteiger partial charge in [0.15, 0.2) is 0 Å². The number of nitrogens with zero attached hydrogens (tertiary/aromatic N) is 1. The third-order valence-corrected chi connectivity index (χ3v) is 1.91. The molecule has 0 bridgehead atoms. The molecule has 0 saturated heterocycles. The second kappa shape index (κ2) is 4.08. The fourth-order valence-corrected chi connectivity index (χ4v) is 1.15. The van der Waals surface area contributed by atoms with E-state index in [2.05, 4.69) is 0 Å². The van der Waals surface area contributed by atoms with Crippen molar-refractivity contribution in [3.8, 4) is 0 Å². The third kappa shape index (κ3) is 3.04. The van der Waals surface area contributed by atoms with Crippen LogP contribution in [-0.4, -0.2) is 40.9 Å². The molecule has 0 atom stereocenters. The van der Waals surface area contributed by atoms with Crippen LogP contribution in [0.5, 0.6) is 0 Å². The summed E-state index contributed by atoms with van der Waals surface area (Å²) in [5, 5.41) is 8.50. The number of hydrogen-bond donors (Lipinski definition) is 2. The van der Waals surface area contributed by atoms with E-state index >= 15 is 0 Å². The second-order valence-electron chi connectivity index (χ2n) is 3.33. The Morgan fingerprint density at radius 1 is 1.29 bits per heavy atom. The molecule has 0 spiro atoms. The van der Waals surface area contributed by atoms with Crippen molar-refractivity contribution in [2.45, 2.75) is 12.8 Å². The van der Waals surface area contributed by atoms with E-state index < -0.39 is 18.4 Å². The van der Waals surface area contributed by atoms with Gasteiger partial charge < -0.3 is 15.7 Å². The largest absolute Gasteiger partial charge is 0.480 e. The van der Waals surface area contributed by atoms with Gasteiger partial charge >= 0.3 is 5.97 Å². The summed E-state index contributed by atoms with van der Waals surface area (Å²) in [6.45, 7) is -0.778. The van der Waals surface area contributed by atoms with E-state index in [9.17, 15) is 14.4 Å². The Kier molecular flexibility index (Phi) is 3.06. The van der Waals surface area contributed by atoms with Crippen molar-refractivity contribution < 1.29 is 19.5 Å². The Hall–Kier alpha value is -1.59. The quantitative estimate of drug-likeness (QED) is 0.581. The molecule has 1 fully saturated rings. The summed E-state index contributed by atoms with van der Waals surface area (Å²) in [6.07, 6.45) is 1.54. The molecular formula is C8H12N2O4. The zero-order valence-corrected chi connectivity index (χ0v) is 7.60. The Balaban J connectivity index is 2.54. The number of aliphatic carboxylic acids is 1. The molecule has 3 N–H and O–H groups in total. The number of nitrogens with two attached hydrogens (primary N) is 1. The van der Waals surface area contributed by atoms with Crippen molar-refractivity contribution in [1.82, 2.24) is 4.90 Å². The predicted molar refractivity (Wildman–Crippen MR) is 46.1 cm³/mol. The van der Waals surface area contributed by atoms with E-state index in [1.165, 1.54) is 0 Å². The lowest BCUT2D eigenvalue weighted by atomic mass is 10.3. The average Bonchev–Trinajstić information content (AvgIpc) is 2.82. The standard InChI is InChI=1S/C8H12N2O4/c9-6(11)3-10(4-7(12)13)8(14)5-1-2-5/h5H,1-4H2,(H2,9,11)(H,12,13). The lowest BCUT2D eigenvalue weighted by molar-refractivity contribution is -0.146. The molecule has 0 heterocycles. The molecule has 1 rings (SSSR count). The molecule has 6 nitrogen and oxygen atoms in total. The number of carbonyl (C=O) groups is 3. The molecule has 0 aliphatic heterocycles. The Labute approximate surface area is 80.7 Å². The van der Waals surface area contributed by atoms with Crippen molar-refractivity contribution in [2.75, 3.05) is 13.1 Å². The highest BCUT2D eigenvalue weighted by molar-refractivity contribution is 5.88. The van der Waals surface area contributed by atoms with Gasteiger partial charge in [-0.15, -0.1) is 0 Å². The van der Waals surface area contributed by atoms with Gasteiger partial charge in [0.05, 0.1) is 6.54 Å². The minimum absolute atomic E-state index is 0.103. The molecule has 78 valence electrons. The van der Waals surface area contributed by atoms with E-state index in [1.54, 1.807) is 0 Å². The summed E-state index contributed by atoms with van der Waals surface area (Å²) in [4.78, 5) is 33.4. The van der Waals surface area contributed by atoms with Crippen LogP contribution in [0.3, 0.4) is 0 Å². The zero-order chi connectivity index (χ0) is 10.7. The normalized spacial score (nSPS) is 14.9. The molecule has 0 unspecified atom stereocenters. The highest BCUT2D eigenvalue weighted by atomic mass is 16.4. The van der Waals surface area contributed by atoms with Crippen LogP contribution in [0, 0.1) is 5.92 Å². The summed E-state index contributed by atoms with van der Waals surface area (Å²) >= 11 is 0. The van der Waals surface area contributed by atoms with E-state index in [0.717, 1.165) is 17.7 Å². The topological polar surface area (TPSA) is 101 Å². The molecule has 0 aromatic rings. The lowest BCUT2D eigenvalue weighted by Gasteiger charge is -2.18. The Morgan fingerprint density at radius 3 is 2.21 bits per heavy atom. The van der Waals surface area contributed by atoms with Crippen LogP contribution >= 0.6 is 0 Å². The first-order chi connectivity index (χ1) is 6.50. The van der Waals surface area contributed by atoms with Gasteiger partial charge in [-0.3, -0.25) is 14.4 Å². The molecule has 6 heteroatoms. The number of carboxylic acids is 1. The summed E-state index contributed by atoms with van der Waals surface area (Å²) in [6, 6.07) is 0. The highest BCUT2D eigenvalue weighted by Gasteiger charge is 2.34. The van der Waals surface area contributed by atoms with Gasteiger partial charge in [0.1, 0.15) is 6.54 Å². The zero-order valence-electron chi connectivity index (χ0n) is 7.60. The van der Waals surface area contributed by atoms with Gasteiger partial charge in [-0.25, -0.2) is 0 Å². The van der Waals surface area contributed by atoms with Crippen molar-refractivity contribution in [2.24, 2.45) is 11.7 Å². The minimum Gasteiger partial charge on any atom is -0.480 e. The summed E-state index contributed by atoms with van der Waals surface area (Å²) in [5.74, 6) is -2.22. The van der Waals surface area contributed by atoms with Crippen molar-refractivity contribution in [3.63, 3.8) is 0 Å². The van der Waals surface area contributed by atoms with Crippen LogP contribution in [0.2, 0.25) is 0 Å². The van der Waals surface area contributed by atoms with E-state index in [0.29, 0.717) is 0 Å². The molecule has 0 aromatic carbocycles. The van der Waals surface area contributed by atoms with Gasteiger partial charge in [0, 0.05) is 5.92 Å². The predicted octanol–water partition coefficient (Wildman–Crippen LogP) is -1.21. The molecule has 1 saturated carbocycles. The van der Waals surface area contributed by atoms with Gasteiger partial charge in [0.2, 0.25) is 11.8 Å². The molecule has 14 heavy (non-hydrogen) atoms. The van der Waals surface area contributed by atoms with Gasteiger partial charge in [-0.05, 0) is 12.8 Å². The number of carbonyl (C=O) groups excluding carboxylic acids is 2. The number of amides is 2. The first-order valence-corrected chi connectivity index (χ1v) is 4.29. The van der Waals surface area contributed by atoms with Crippen LogP contribution in [0.4, 0.5) is 0 Å². The smallest absolute Gasteiger partial charge is 0.323 e. The maximum absolute atomic E-state index is 11.4. The molecule has 0 aromatic heterocycles. The van der Waals surface area contributed by atoms with Crippen LogP contribution in [0.25, 0.3) is 0 Å². The van der Waals surface area contributed by atoms with Gasteiger partial charge in [0.25, 0.3) is 0 Å². The number of hydrogen-bond acceptors (Lipinski definition) is 3. The first-order valence-electron chi connectivity index (χ1n) is 4.29. The van der Waals surface area contributed by atoms with Crippen LogP contribution in [-0.2, 0) is 14.4 Å². The van der Waals surface area contributed by atoms with Crippen molar-refractivity contribution in [1.29, 1.82) is 0 Å². The first kappa shape index (κ1) is 10.5. The van der Waals surface area contributed by atoms with E-state index in [1.807, 2.05) is 0 Å². The van der Waals surface area contributed by atoms with Crippen molar-refractivity contribution in [3.05, 3.63) is 0 Å². The average molecular weight is 200 g/mol. The SMILES string of the molecule is NC(=O)CN(CC(=O)O)C(=O)C1CC1. The Bertz CT molecular complexity index is 257. The molecule has 1 aliphatic rings. The molecule has 2 amide bonds. The lowest BCUT2D eigenvalue weighted by Crippen LogP contribution is -2.42. The number of rotatable bonds is 5. The third-order valence-electron chi connectivity index (χ3n) is 1.91. The monoisotopic (exact) mass is 200 g/mol. The Morgan fingerprint density at radius 2 is 1.86 bits per heavy atom. The van der Waals surface area contributed by atoms with Gasteiger partial charge in [-0.2, -0.15) is 0 Å².